The Kier molecular flexibility index (Phi) is 5.89. The average molecular weight is 306 g/mol. The van der Waals surface area contributed by atoms with Gasteiger partial charge in [0.15, 0.2) is 0 Å². The van der Waals surface area contributed by atoms with Gasteiger partial charge in [-0.3, -0.25) is 0 Å². The minimum atomic E-state index is -5.08. The zero-order valence-electron chi connectivity index (χ0n) is 11.7. The molecule has 0 amide bonds. The van der Waals surface area contributed by atoms with Crippen LogP contribution in [0.2, 0.25) is 0 Å². The third-order valence-electron chi connectivity index (χ3n) is 2.80. The number of alkyl halides is 3. The van der Waals surface area contributed by atoms with Gasteiger partial charge in [-0.25, -0.2) is 14.8 Å². The van der Waals surface area contributed by atoms with Crippen molar-refractivity contribution in [3.05, 3.63) is 18.1 Å². The first-order chi connectivity index (χ1) is 9.71. The standard InChI is InChI=1S/C10H16N4.C2HF3O2/c1-8-7-11-5-6-14(8)10-3-4-12-9(2)13-10;3-2(4,5)1(6)7/h3-4,8,11H,5-7H2,1-2H3;(H,6,7)/t8-;/m0./s1. The second-order valence-corrected chi connectivity index (χ2v) is 4.51. The van der Waals surface area contributed by atoms with Gasteiger partial charge >= 0.3 is 12.1 Å². The number of hydrogen-bond acceptors (Lipinski definition) is 5. The van der Waals surface area contributed by atoms with Gasteiger partial charge < -0.3 is 15.3 Å². The Labute approximate surface area is 120 Å². The van der Waals surface area contributed by atoms with E-state index in [0.717, 1.165) is 31.3 Å². The van der Waals surface area contributed by atoms with E-state index in [-0.39, 0.29) is 0 Å². The van der Waals surface area contributed by atoms with Crippen molar-refractivity contribution < 1.29 is 23.1 Å². The summed E-state index contributed by atoms with van der Waals surface area (Å²) in [5.41, 5.74) is 0. The number of nitrogens with one attached hydrogen (secondary N) is 1. The molecule has 1 saturated heterocycles. The Morgan fingerprint density at radius 1 is 1.52 bits per heavy atom. The van der Waals surface area contributed by atoms with Crippen molar-refractivity contribution >= 4 is 11.8 Å². The minimum Gasteiger partial charge on any atom is -0.475 e. The lowest BCUT2D eigenvalue weighted by atomic mass is 10.2. The van der Waals surface area contributed by atoms with Crippen LogP contribution in [0.25, 0.3) is 0 Å². The predicted molar refractivity (Wildman–Crippen MR) is 70.1 cm³/mol. The molecule has 0 saturated carbocycles. The number of halogens is 3. The number of rotatable bonds is 1. The second kappa shape index (κ2) is 7.21. The molecule has 21 heavy (non-hydrogen) atoms. The zero-order valence-corrected chi connectivity index (χ0v) is 11.7. The van der Waals surface area contributed by atoms with E-state index in [4.69, 9.17) is 9.90 Å². The number of carbonyl (C=O) groups is 1. The lowest BCUT2D eigenvalue weighted by Gasteiger charge is -2.34. The van der Waals surface area contributed by atoms with E-state index in [9.17, 15) is 13.2 Å². The van der Waals surface area contributed by atoms with Crippen molar-refractivity contribution in [3.8, 4) is 0 Å². The highest BCUT2D eigenvalue weighted by Crippen LogP contribution is 2.14. The largest absolute Gasteiger partial charge is 0.490 e. The molecule has 2 N–H and O–H groups in total. The van der Waals surface area contributed by atoms with Crippen LogP contribution in [0.15, 0.2) is 12.3 Å². The molecule has 1 aromatic rings. The summed E-state index contributed by atoms with van der Waals surface area (Å²) in [5.74, 6) is -0.868. The first-order valence-electron chi connectivity index (χ1n) is 6.29. The van der Waals surface area contributed by atoms with E-state index < -0.39 is 12.1 Å². The Balaban J connectivity index is 0.000000270. The summed E-state index contributed by atoms with van der Waals surface area (Å²) in [6.07, 6.45) is -3.26. The zero-order chi connectivity index (χ0) is 16.0. The summed E-state index contributed by atoms with van der Waals surface area (Å²) in [4.78, 5) is 19.8. The molecule has 2 rings (SSSR count). The molecule has 118 valence electrons. The Bertz CT molecular complexity index is 482. The maximum absolute atomic E-state index is 10.6. The number of aromatic nitrogens is 2. The van der Waals surface area contributed by atoms with Gasteiger partial charge in [0.05, 0.1) is 0 Å². The summed E-state index contributed by atoms with van der Waals surface area (Å²) >= 11 is 0. The first kappa shape index (κ1) is 17.2. The molecular weight excluding hydrogens is 289 g/mol. The first-order valence-corrected chi connectivity index (χ1v) is 6.29. The summed E-state index contributed by atoms with van der Waals surface area (Å²) in [5, 5.41) is 10.5. The SMILES string of the molecule is Cc1nccc(N2CCNC[C@@H]2C)n1.O=C(O)C(F)(F)F. The van der Waals surface area contributed by atoms with Gasteiger partial charge in [0.2, 0.25) is 0 Å². The Morgan fingerprint density at radius 2 is 2.14 bits per heavy atom. The molecule has 0 spiro atoms. The van der Waals surface area contributed by atoms with Gasteiger partial charge in [-0.2, -0.15) is 13.2 Å². The average Bonchev–Trinajstić information content (AvgIpc) is 2.39. The maximum Gasteiger partial charge on any atom is 0.490 e. The van der Waals surface area contributed by atoms with Gasteiger partial charge in [-0.15, -0.1) is 0 Å². The molecule has 0 bridgehead atoms. The molecule has 2 heterocycles. The van der Waals surface area contributed by atoms with E-state index in [1.165, 1.54) is 0 Å². The number of anilines is 1. The Hall–Kier alpha value is -1.90. The highest BCUT2D eigenvalue weighted by atomic mass is 19.4. The number of carboxylic acid groups (broad SMARTS) is 1. The second-order valence-electron chi connectivity index (χ2n) is 4.51. The molecule has 1 atom stereocenters. The monoisotopic (exact) mass is 306 g/mol. The van der Waals surface area contributed by atoms with E-state index in [0.29, 0.717) is 6.04 Å². The number of aryl methyl sites for hydroxylation is 1. The lowest BCUT2D eigenvalue weighted by Crippen LogP contribution is -2.50. The number of nitrogens with zero attached hydrogens (tertiary/aromatic N) is 3. The highest BCUT2D eigenvalue weighted by molar-refractivity contribution is 5.73. The van der Waals surface area contributed by atoms with E-state index in [1.54, 1.807) is 0 Å². The minimum absolute atomic E-state index is 0.512. The summed E-state index contributed by atoms with van der Waals surface area (Å²) in [6, 6.07) is 2.49. The third-order valence-corrected chi connectivity index (χ3v) is 2.80. The number of hydrogen-bond donors (Lipinski definition) is 2. The van der Waals surface area contributed by atoms with Crippen molar-refractivity contribution in [1.29, 1.82) is 0 Å². The fraction of sp³-hybridized carbons (Fsp3) is 0.583. The fourth-order valence-corrected chi connectivity index (χ4v) is 1.79. The molecule has 0 unspecified atom stereocenters. The molecular formula is C12H17F3N4O2. The molecule has 0 aromatic carbocycles. The van der Waals surface area contributed by atoms with Crippen molar-refractivity contribution in [3.63, 3.8) is 0 Å². The smallest absolute Gasteiger partial charge is 0.475 e. The fourth-order valence-electron chi connectivity index (χ4n) is 1.79. The Morgan fingerprint density at radius 3 is 2.62 bits per heavy atom. The van der Waals surface area contributed by atoms with E-state index in [2.05, 4.69) is 27.1 Å². The number of piperazine rings is 1. The predicted octanol–water partition coefficient (Wildman–Crippen LogP) is 1.22. The van der Waals surface area contributed by atoms with Crippen LogP contribution in [0.1, 0.15) is 12.7 Å². The van der Waals surface area contributed by atoms with Crippen molar-refractivity contribution in [2.75, 3.05) is 24.5 Å². The van der Waals surface area contributed by atoms with Crippen LogP contribution in [0.4, 0.5) is 19.0 Å². The molecule has 0 radical (unpaired) electrons. The van der Waals surface area contributed by atoms with Crippen LogP contribution < -0.4 is 10.2 Å². The van der Waals surface area contributed by atoms with Gasteiger partial charge in [-0.05, 0) is 19.9 Å². The topological polar surface area (TPSA) is 78.4 Å². The summed E-state index contributed by atoms with van der Waals surface area (Å²) in [6.45, 7) is 7.23. The lowest BCUT2D eigenvalue weighted by molar-refractivity contribution is -0.192. The van der Waals surface area contributed by atoms with Crippen LogP contribution in [0.5, 0.6) is 0 Å². The molecule has 6 nitrogen and oxygen atoms in total. The van der Waals surface area contributed by atoms with Crippen molar-refractivity contribution in [1.82, 2.24) is 15.3 Å². The van der Waals surface area contributed by atoms with Crippen molar-refractivity contribution in [2.45, 2.75) is 26.1 Å². The van der Waals surface area contributed by atoms with Crippen LogP contribution in [-0.2, 0) is 4.79 Å². The maximum atomic E-state index is 10.6. The third kappa shape index (κ3) is 5.54. The molecule has 1 aromatic heterocycles. The molecule has 9 heteroatoms. The van der Waals surface area contributed by atoms with E-state index >= 15 is 0 Å². The quantitative estimate of drug-likeness (QED) is 0.812. The van der Waals surface area contributed by atoms with Crippen LogP contribution >= 0.6 is 0 Å². The highest BCUT2D eigenvalue weighted by Gasteiger charge is 2.38. The summed E-state index contributed by atoms with van der Waals surface area (Å²) < 4.78 is 31.7. The van der Waals surface area contributed by atoms with Gasteiger partial charge in [0.25, 0.3) is 0 Å². The van der Waals surface area contributed by atoms with Gasteiger partial charge in [0, 0.05) is 31.9 Å². The number of carboxylic acids is 1. The molecule has 1 fully saturated rings. The summed E-state index contributed by atoms with van der Waals surface area (Å²) in [7, 11) is 0. The van der Waals surface area contributed by atoms with Crippen LogP contribution in [0.3, 0.4) is 0 Å². The van der Waals surface area contributed by atoms with Gasteiger partial charge in [-0.1, -0.05) is 0 Å². The van der Waals surface area contributed by atoms with Crippen LogP contribution in [0, 0.1) is 6.92 Å². The normalized spacial score (nSPS) is 18.7. The molecule has 1 aliphatic rings. The number of aliphatic carboxylic acids is 1. The molecule has 1 aliphatic heterocycles. The van der Waals surface area contributed by atoms with Crippen molar-refractivity contribution in [2.24, 2.45) is 0 Å². The van der Waals surface area contributed by atoms with Crippen LogP contribution in [-0.4, -0.2) is 52.9 Å². The van der Waals surface area contributed by atoms with Gasteiger partial charge in [0.1, 0.15) is 11.6 Å². The molecule has 0 aliphatic carbocycles. The van der Waals surface area contributed by atoms with E-state index in [1.807, 2.05) is 19.2 Å².